The van der Waals surface area contributed by atoms with Crippen LogP contribution < -0.4 is 0 Å². The lowest BCUT2D eigenvalue weighted by atomic mass is 9.60. The van der Waals surface area contributed by atoms with Gasteiger partial charge in [-0.05, 0) is 114 Å². The minimum Gasteiger partial charge on any atom is -0.394 e. The van der Waals surface area contributed by atoms with Crippen LogP contribution in [-0.2, 0) is 0 Å². The maximum atomic E-state index is 10.1. The highest BCUT2D eigenvalue weighted by Crippen LogP contribution is 2.60. The molecule has 3 nitrogen and oxygen atoms in total. The Hall–Kier alpha value is -0.900. The van der Waals surface area contributed by atoms with E-state index in [4.69, 9.17) is 5.11 Å². The summed E-state index contributed by atoms with van der Waals surface area (Å²) in [6.07, 6.45) is 16.9. The molecule has 0 amide bonds. The number of aliphatic hydroxyl groups excluding tert-OH is 2. The standard InChI is InChI=1S/C27H44O2.C3H8O.C2H6/c1-19(8-6-16-26(3,4)29)23-14-15-24-22(9-7-17-27(23,24)5)13-12-21-11-10-20(2)25(28)18-21;1-3(2)4;1-2/h12-13,19,23-25,28-29H,2,6-11,14-18H2,1,3-5H3;3-4H,1-2H3;1-2H3/b21-12-,22-13+;;/t19-,23?,24?,25?,27?;;/m0../s1. The zero-order chi connectivity index (χ0) is 26.8. The van der Waals surface area contributed by atoms with Crippen molar-refractivity contribution in [1.82, 2.24) is 0 Å². The third-order valence-corrected chi connectivity index (χ3v) is 8.40. The molecule has 3 N–H and O–H groups in total. The van der Waals surface area contributed by atoms with Crippen LogP contribution in [-0.4, -0.2) is 33.1 Å². The third kappa shape index (κ3) is 10.2. The fourth-order valence-corrected chi connectivity index (χ4v) is 6.63. The van der Waals surface area contributed by atoms with Gasteiger partial charge in [-0.1, -0.05) is 70.4 Å². The Morgan fingerprint density at radius 3 is 2.29 bits per heavy atom. The maximum Gasteiger partial charge on any atom is 0.0784 e. The molecular formula is C32H58O3. The predicted octanol–water partition coefficient (Wildman–Crippen LogP) is 8.15. The highest BCUT2D eigenvalue weighted by atomic mass is 16.3. The summed E-state index contributed by atoms with van der Waals surface area (Å²) >= 11 is 0. The predicted molar refractivity (Wildman–Crippen MR) is 151 cm³/mol. The van der Waals surface area contributed by atoms with E-state index in [1.54, 1.807) is 19.4 Å². The van der Waals surface area contributed by atoms with E-state index in [-0.39, 0.29) is 12.2 Å². The number of aliphatic hydroxyl groups is 3. The summed E-state index contributed by atoms with van der Waals surface area (Å²) in [5.41, 5.74) is 3.96. The molecule has 204 valence electrons. The van der Waals surface area contributed by atoms with Crippen LogP contribution in [0.4, 0.5) is 0 Å². The largest absolute Gasteiger partial charge is 0.394 e. The summed E-state index contributed by atoms with van der Waals surface area (Å²) in [7, 11) is 0. The zero-order valence-electron chi connectivity index (χ0n) is 24.4. The quantitative estimate of drug-likeness (QED) is 0.329. The molecule has 0 spiro atoms. The topological polar surface area (TPSA) is 60.7 Å². The number of hydrogen-bond acceptors (Lipinski definition) is 3. The van der Waals surface area contributed by atoms with Crippen LogP contribution in [0.5, 0.6) is 0 Å². The highest BCUT2D eigenvalue weighted by molar-refractivity contribution is 5.28. The summed E-state index contributed by atoms with van der Waals surface area (Å²) in [5, 5.41) is 28.2. The molecule has 3 fully saturated rings. The first-order chi connectivity index (χ1) is 16.3. The average Bonchev–Trinajstić information content (AvgIpc) is 3.12. The van der Waals surface area contributed by atoms with Crippen molar-refractivity contribution in [2.45, 2.75) is 144 Å². The van der Waals surface area contributed by atoms with Gasteiger partial charge in [0.1, 0.15) is 0 Å². The van der Waals surface area contributed by atoms with Crippen LogP contribution >= 0.6 is 0 Å². The van der Waals surface area contributed by atoms with E-state index in [0.717, 1.165) is 55.4 Å². The monoisotopic (exact) mass is 490 g/mol. The lowest BCUT2D eigenvalue weighted by molar-refractivity contribution is 0.0596. The molecule has 3 saturated carbocycles. The number of fused-ring (bicyclic) bond motifs is 1. The zero-order valence-corrected chi connectivity index (χ0v) is 24.4. The van der Waals surface area contributed by atoms with Crippen molar-refractivity contribution in [3.8, 4) is 0 Å². The van der Waals surface area contributed by atoms with Crippen LogP contribution in [0.25, 0.3) is 0 Å². The Morgan fingerprint density at radius 1 is 1.09 bits per heavy atom. The molecule has 0 aromatic heterocycles. The van der Waals surface area contributed by atoms with Crippen molar-refractivity contribution in [1.29, 1.82) is 0 Å². The molecule has 0 radical (unpaired) electrons. The van der Waals surface area contributed by atoms with E-state index in [2.05, 4.69) is 32.6 Å². The summed E-state index contributed by atoms with van der Waals surface area (Å²) in [6.45, 7) is 20.3. The minimum atomic E-state index is -0.533. The molecule has 0 aromatic carbocycles. The second kappa shape index (κ2) is 14.7. The van der Waals surface area contributed by atoms with Crippen molar-refractivity contribution in [3.63, 3.8) is 0 Å². The normalized spacial score (nSPS) is 32.0. The Bertz CT molecular complexity index is 693. The van der Waals surface area contributed by atoms with Crippen molar-refractivity contribution in [3.05, 3.63) is 35.5 Å². The molecule has 0 heterocycles. The summed E-state index contributed by atoms with van der Waals surface area (Å²) in [5.74, 6) is 2.29. The molecule has 0 saturated heterocycles. The van der Waals surface area contributed by atoms with Gasteiger partial charge in [-0.3, -0.25) is 0 Å². The Morgan fingerprint density at radius 2 is 1.71 bits per heavy atom. The molecule has 35 heavy (non-hydrogen) atoms. The van der Waals surface area contributed by atoms with Gasteiger partial charge in [-0.25, -0.2) is 0 Å². The van der Waals surface area contributed by atoms with Crippen molar-refractivity contribution in [2.75, 3.05) is 0 Å². The Kier molecular flexibility index (Phi) is 13.5. The minimum absolute atomic E-state index is 0.167. The number of rotatable bonds is 6. The van der Waals surface area contributed by atoms with Crippen LogP contribution in [0.1, 0.15) is 126 Å². The molecule has 0 aromatic rings. The fourth-order valence-electron chi connectivity index (χ4n) is 6.63. The van der Waals surface area contributed by atoms with E-state index in [9.17, 15) is 10.2 Å². The number of allylic oxidation sites excluding steroid dienone is 3. The first kappa shape index (κ1) is 32.1. The summed E-state index contributed by atoms with van der Waals surface area (Å²) < 4.78 is 0. The summed E-state index contributed by atoms with van der Waals surface area (Å²) in [4.78, 5) is 0. The first-order valence-electron chi connectivity index (χ1n) is 14.5. The SMILES string of the molecule is C=C1CC/C(=C/C=C2\CCCC3(C)C2CCC3[C@@H](C)CCCC(C)(C)O)CC1O.CC.CC(C)O. The second-order valence-corrected chi connectivity index (χ2v) is 12.3. The van der Waals surface area contributed by atoms with Gasteiger partial charge >= 0.3 is 0 Å². The van der Waals surface area contributed by atoms with Gasteiger partial charge in [0.15, 0.2) is 0 Å². The smallest absolute Gasteiger partial charge is 0.0784 e. The van der Waals surface area contributed by atoms with E-state index >= 15 is 0 Å². The molecule has 4 unspecified atom stereocenters. The average molecular weight is 491 g/mol. The maximum absolute atomic E-state index is 10.1. The van der Waals surface area contributed by atoms with Gasteiger partial charge in [0.2, 0.25) is 0 Å². The van der Waals surface area contributed by atoms with Crippen molar-refractivity contribution >= 4 is 0 Å². The van der Waals surface area contributed by atoms with Crippen LogP contribution in [0.2, 0.25) is 0 Å². The molecular weight excluding hydrogens is 432 g/mol. The van der Waals surface area contributed by atoms with E-state index in [1.807, 2.05) is 27.7 Å². The highest BCUT2D eigenvalue weighted by Gasteiger charge is 2.50. The van der Waals surface area contributed by atoms with Crippen molar-refractivity contribution < 1.29 is 15.3 Å². The van der Waals surface area contributed by atoms with E-state index < -0.39 is 5.60 Å². The van der Waals surface area contributed by atoms with Crippen LogP contribution in [0.3, 0.4) is 0 Å². The van der Waals surface area contributed by atoms with Gasteiger partial charge in [-0.15, -0.1) is 0 Å². The Labute approximate surface area is 217 Å². The molecule has 5 atom stereocenters. The fraction of sp³-hybridized carbons (Fsp3) is 0.812. The van der Waals surface area contributed by atoms with E-state index in [1.165, 1.54) is 44.1 Å². The van der Waals surface area contributed by atoms with Gasteiger partial charge in [0.05, 0.1) is 11.7 Å². The Balaban J connectivity index is 0.000000926. The van der Waals surface area contributed by atoms with Crippen LogP contribution in [0, 0.1) is 23.2 Å². The number of hydrogen-bond donors (Lipinski definition) is 3. The van der Waals surface area contributed by atoms with Gasteiger partial charge in [0.25, 0.3) is 0 Å². The molecule has 3 aliphatic carbocycles. The summed E-state index contributed by atoms with van der Waals surface area (Å²) in [6, 6.07) is 0. The molecule has 3 aliphatic rings. The lowest BCUT2D eigenvalue weighted by Crippen LogP contribution is -2.36. The van der Waals surface area contributed by atoms with Crippen LogP contribution in [0.15, 0.2) is 35.5 Å². The van der Waals surface area contributed by atoms with E-state index in [0.29, 0.717) is 5.41 Å². The van der Waals surface area contributed by atoms with Crippen molar-refractivity contribution in [2.24, 2.45) is 23.2 Å². The molecule has 0 bridgehead atoms. The molecule has 3 rings (SSSR count). The second-order valence-electron chi connectivity index (χ2n) is 12.3. The van der Waals surface area contributed by atoms with Gasteiger partial charge < -0.3 is 15.3 Å². The first-order valence-corrected chi connectivity index (χ1v) is 14.5. The van der Waals surface area contributed by atoms with Gasteiger partial charge in [-0.2, -0.15) is 0 Å². The van der Waals surface area contributed by atoms with Gasteiger partial charge in [0, 0.05) is 6.10 Å². The molecule has 0 aliphatic heterocycles. The molecule has 3 heteroatoms. The third-order valence-electron chi connectivity index (χ3n) is 8.40. The lowest BCUT2D eigenvalue weighted by Gasteiger charge is -2.44.